The smallest absolute Gasteiger partial charge is 0.0756 e. The van der Waals surface area contributed by atoms with Crippen molar-refractivity contribution in [3.05, 3.63) is 29.8 Å². The summed E-state index contributed by atoms with van der Waals surface area (Å²) in [6.07, 6.45) is 1.10. The van der Waals surface area contributed by atoms with Gasteiger partial charge < -0.3 is 10.1 Å². The number of thioether (sulfide) groups is 1. The first-order chi connectivity index (χ1) is 9.32. The van der Waals surface area contributed by atoms with Crippen LogP contribution in [-0.2, 0) is 11.3 Å². The minimum Gasteiger partial charge on any atom is -0.368 e. The predicted octanol–water partition coefficient (Wildman–Crippen LogP) is 4.23. The van der Waals surface area contributed by atoms with Gasteiger partial charge in [-0.3, -0.25) is 0 Å². The summed E-state index contributed by atoms with van der Waals surface area (Å²) in [6.45, 7) is 12.9. The molecule has 20 heavy (non-hydrogen) atoms. The van der Waals surface area contributed by atoms with E-state index >= 15 is 0 Å². The van der Waals surface area contributed by atoms with Crippen LogP contribution < -0.4 is 5.32 Å². The third kappa shape index (κ3) is 4.00. The number of nitrogens with one attached hydrogen (secondary N) is 1. The number of hydrogen-bond donors (Lipinski definition) is 1. The molecule has 1 saturated heterocycles. The van der Waals surface area contributed by atoms with Crippen molar-refractivity contribution >= 4 is 11.8 Å². The maximum Gasteiger partial charge on any atom is 0.0756 e. The van der Waals surface area contributed by atoms with Crippen LogP contribution in [-0.4, -0.2) is 23.0 Å². The van der Waals surface area contributed by atoms with E-state index in [1.165, 1.54) is 10.5 Å². The zero-order chi connectivity index (χ0) is 14.8. The Morgan fingerprint density at radius 3 is 2.65 bits per heavy atom. The van der Waals surface area contributed by atoms with E-state index in [0.29, 0.717) is 5.25 Å². The van der Waals surface area contributed by atoms with Crippen molar-refractivity contribution in [3.63, 3.8) is 0 Å². The Hall–Kier alpha value is -0.510. The maximum absolute atomic E-state index is 6.18. The second kappa shape index (κ2) is 6.08. The average molecular weight is 293 g/mol. The van der Waals surface area contributed by atoms with Gasteiger partial charge in [-0.15, -0.1) is 11.8 Å². The zero-order valence-corrected chi connectivity index (χ0v) is 14.1. The zero-order valence-electron chi connectivity index (χ0n) is 13.3. The first-order valence-corrected chi connectivity index (χ1v) is 8.37. The lowest BCUT2D eigenvalue weighted by atomic mass is 10.0. The van der Waals surface area contributed by atoms with E-state index in [4.69, 9.17) is 4.74 Å². The Bertz CT molecular complexity index is 456. The van der Waals surface area contributed by atoms with Crippen LogP contribution in [0.5, 0.6) is 0 Å². The van der Waals surface area contributed by atoms with Gasteiger partial charge >= 0.3 is 0 Å². The summed E-state index contributed by atoms with van der Waals surface area (Å²) in [5.41, 5.74) is 1.28. The summed E-state index contributed by atoms with van der Waals surface area (Å²) in [5, 5.41) is 3.89. The molecule has 1 N–H and O–H groups in total. The highest BCUT2D eigenvalue weighted by atomic mass is 32.2. The number of ether oxygens (including phenoxy) is 1. The molecule has 0 radical (unpaired) electrons. The van der Waals surface area contributed by atoms with E-state index in [0.717, 1.165) is 19.5 Å². The van der Waals surface area contributed by atoms with Crippen LogP contribution >= 0.6 is 11.8 Å². The molecule has 2 rings (SSSR count). The summed E-state index contributed by atoms with van der Waals surface area (Å²) in [5.74, 6) is 0. The Morgan fingerprint density at radius 2 is 2.05 bits per heavy atom. The van der Waals surface area contributed by atoms with Crippen LogP contribution in [0.15, 0.2) is 29.2 Å². The SMILES string of the molecule is CCNCc1cccc(SC2CC(C)(C)OC2(C)C)c1. The lowest BCUT2D eigenvalue weighted by molar-refractivity contribution is -0.0631. The minimum atomic E-state index is -0.0637. The minimum absolute atomic E-state index is 0.0114. The molecule has 1 heterocycles. The van der Waals surface area contributed by atoms with Crippen LogP contribution in [0, 0.1) is 0 Å². The van der Waals surface area contributed by atoms with Crippen molar-refractivity contribution in [3.8, 4) is 0 Å². The van der Waals surface area contributed by atoms with E-state index in [2.05, 4.69) is 64.2 Å². The summed E-state index contributed by atoms with van der Waals surface area (Å²) in [4.78, 5) is 1.35. The highest BCUT2D eigenvalue weighted by Gasteiger charge is 2.46. The first-order valence-electron chi connectivity index (χ1n) is 7.49. The molecule has 0 amide bonds. The molecular formula is C17H27NOS. The predicted molar refractivity (Wildman–Crippen MR) is 87.3 cm³/mol. The fraction of sp³-hybridized carbons (Fsp3) is 0.647. The normalized spacial score (nSPS) is 23.9. The largest absolute Gasteiger partial charge is 0.368 e. The summed E-state index contributed by atoms with van der Waals surface area (Å²) < 4.78 is 6.18. The molecule has 1 aliphatic heterocycles. The Kier molecular flexibility index (Phi) is 4.83. The lowest BCUT2D eigenvalue weighted by Gasteiger charge is -2.27. The molecule has 1 unspecified atom stereocenters. The molecule has 3 heteroatoms. The van der Waals surface area contributed by atoms with E-state index in [1.807, 2.05) is 11.8 Å². The van der Waals surface area contributed by atoms with Crippen molar-refractivity contribution in [2.75, 3.05) is 6.54 Å². The molecule has 1 fully saturated rings. The van der Waals surface area contributed by atoms with Gasteiger partial charge in [0.25, 0.3) is 0 Å². The molecule has 0 aliphatic carbocycles. The van der Waals surface area contributed by atoms with E-state index in [1.54, 1.807) is 0 Å². The van der Waals surface area contributed by atoms with Crippen molar-refractivity contribution < 1.29 is 4.74 Å². The van der Waals surface area contributed by atoms with Crippen LogP contribution in [0.1, 0.15) is 46.6 Å². The topological polar surface area (TPSA) is 21.3 Å². The summed E-state index contributed by atoms with van der Waals surface area (Å²) >= 11 is 1.96. The molecule has 0 bridgehead atoms. The molecule has 112 valence electrons. The molecular weight excluding hydrogens is 266 g/mol. The highest BCUT2D eigenvalue weighted by molar-refractivity contribution is 8.00. The van der Waals surface area contributed by atoms with Crippen molar-refractivity contribution in [1.82, 2.24) is 5.32 Å². The second-order valence-corrected chi connectivity index (χ2v) is 7.98. The van der Waals surface area contributed by atoms with Gasteiger partial charge in [-0.2, -0.15) is 0 Å². The van der Waals surface area contributed by atoms with Gasteiger partial charge in [0.05, 0.1) is 11.2 Å². The maximum atomic E-state index is 6.18. The fourth-order valence-electron chi connectivity index (χ4n) is 2.86. The van der Waals surface area contributed by atoms with Crippen LogP contribution in [0.25, 0.3) is 0 Å². The Labute approximate surface area is 127 Å². The average Bonchev–Trinajstić information content (AvgIpc) is 2.55. The third-order valence-electron chi connectivity index (χ3n) is 3.75. The van der Waals surface area contributed by atoms with E-state index in [9.17, 15) is 0 Å². The van der Waals surface area contributed by atoms with Gasteiger partial charge in [-0.25, -0.2) is 0 Å². The molecule has 0 spiro atoms. The molecule has 1 atom stereocenters. The van der Waals surface area contributed by atoms with Crippen molar-refractivity contribution in [1.29, 1.82) is 0 Å². The molecule has 1 aromatic rings. The van der Waals surface area contributed by atoms with Gasteiger partial charge in [0.1, 0.15) is 0 Å². The van der Waals surface area contributed by atoms with Gasteiger partial charge in [0, 0.05) is 16.7 Å². The molecule has 1 aliphatic rings. The number of rotatable bonds is 5. The Balaban J connectivity index is 2.06. The van der Waals surface area contributed by atoms with Crippen LogP contribution in [0.2, 0.25) is 0 Å². The third-order valence-corrected chi connectivity index (χ3v) is 5.29. The van der Waals surface area contributed by atoms with Gasteiger partial charge in [0.15, 0.2) is 0 Å². The molecule has 0 saturated carbocycles. The van der Waals surface area contributed by atoms with Crippen molar-refractivity contribution in [2.45, 2.75) is 68.9 Å². The number of benzene rings is 1. The molecule has 0 aromatic heterocycles. The highest BCUT2D eigenvalue weighted by Crippen LogP contribution is 2.46. The van der Waals surface area contributed by atoms with Crippen molar-refractivity contribution in [2.24, 2.45) is 0 Å². The van der Waals surface area contributed by atoms with E-state index in [-0.39, 0.29) is 11.2 Å². The monoisotopic (exact) mass is 293 g/mol. The van der Waals surface area contributed by atoms with E-state index < -0.39 is 0 Å². The fourth-order valence-corrected chi connectivity index (χ4v) is 4.38. The molecule has 2 nitrogen and oxygen atoms in total. The van der Waals surface area contributed by atoms with Crippen LogP contribution in [0.4, 0.5) is 0 Å². The quantitative estimate of drug-likeness (QED) is 0.877. The number of hydrogen-bond acceptors (Lipinski definition) is 3. The lowest BCUT2D eigenvalue weighted by Crippen LogP contribution is -2.30. The van der Waals surface area contributed by atoms with Gasteiger partial charge in [-0.1, -0.05) is 19.1 Å². The Morgan fingerprint density at radius 1 is 1.30 bits per heavy atom. The van der Waals surface area contributed by atoms with Crippen LogP contribution in [0.3, 0.4) is 0 Å². The molecule has 1 aromatic carbocycles. The standard InChI is InChI=1S/C17H27NOS/c1-6-18-12-13-8-7-9-14(10-13)20-15-11-16(2,3)19-17(15,4)5/h7-10,15,18H,6,11-12H2,1-5H3. The summed E-state index contributed by atoms with van der Waals surface area (Å²) in [7, 11) is 0. The first kappa shape index (κ1) is 15.9. The summed E-state index contributed by atoms with van der Waals surface area (Å²) in [6, 6.07) is 8.85. The van der Waals surface area contributed by atoms with Gasteiger partial charge in [0.2, 0.25) is 0 Å². The second-order valence-electron chi connectivity index (χ2n) is 6.70. The van der Waals surface area contributed by atoms with Gasteiger partial charge in [-0.05, 0) is 58.4 Å².